The molecule has 3 aliphatic heterocycles. The molecule has 1 N–H and O–H groups in total. The molecular weight excluding hydrogens is 397 g/mol. The SMILES string of the molecule is Cl.O=C1CC(C(=O)N2C3CCNCC2CC3)CN1c1cc(Cl)cc(Cl)c1. The molecule has 3 heterocycles. The molecule has 3 saturated heterocycles. The highest BCUT2D eigenvalue weighted by molar-refractivity contribution is 6.35. The average Bonchev–Trinajstić information content (AvgIpc) is 3.04. The summed E-state index contributed by atoms with van der Waals surface area (Å²) in [5.74, 6) is -0.205. The van der Waals surface area contributed by atoms with Crippen LogP contribution >= 0.6 is 35.6 Å². The van der Waals surface area contributed by atoms with E-state index in [2.05, 4.69) is 10.2 Å². The lowest BCUT2D eigenvalue weighted by molar-refractivity contribution is -0.138. The average molecular weight is 419 g/mol. The van der Waals surface area contributed by atoms with Crippen LogP contribution in [-0.2, 0) is 9.59 Å². The summed E-state index contributed by atoms with van der Waals surface area (Å²) in [6, 6.07) is 5.66. The van der Waals surface area contributed by atoms with Crippen LogP contribution in [0.1, 0.15) is 25.7 Å². The molecule has 0 radical (unpaired) electrons. The molecule has 1 aromatic carbocycles. The van der Waals surface area contributed by atoms with Crippen molar-refractivity contribution in [2.45, 2.75) is 37.8 Å². The molecule has 0 aliphatic carbocycles. The zero-order chi connectivity index (χ0) is 17.6. The van der Waals surface area contributed by atoms with Crippen LogP contribution in [0.15, 0.2) is 18.2 Å². The molecule has 142 valence electrons. The van der Waals surface area contributed by atoms with Crippen molar-refractivity contribution in [1.82, 2.24) is 10.2 Å². The molecule has 26 heavy (non-hydrogen) atoms. The molecule has 0 spiro atoms. The second kappa shape index (κ2) is 7.93. The Morgan fingerprint density at radius 1 is 1.08 bits per heavy atom. The number of benzene rings is 1. The Bertz CT molecular complexity index is 681. The molecule has 2 amide bonds. The first-order chi connectivity index (χ1) is 12.0. The van der Waals surface area contributed by atoms with E-state index in [1.165, 1.54) is 0 Å². The van der Waals surface area contributed by atoms with Crippen LogP contribution in [0.25, 0.3) is 0 Å². The quantitative estimate of drug-likeness (QED) is 0.803. The second-order valence-corrected chi connectivity index (χ2v) is 8.03. The summed E-state index contributed by atoms with van der Waals surface area (Å²) in [5, 5.41) is 4.38. The van der Waals surface area contributed by atoms with Crippen LogP contribution in [0.4, 0.5) is 5.69 Å². The Kier molecular flexibility index (Phi) is 6.02. The van der Waals surface area contributed by atoms with Gasteiger partial charge >= 0.3 is 0 Å². The van der Waals surface area contributed by atoms with Gasteiger partial charge in [0.2, 0.25) is 11.8 Å². The molecule has 0 aromatic heterocycles. The molecule has 3 fully saturated rings. The van der Waals surface area contributed by atoms with Crippen LogP contribution in [0.3, 0.4) is 0 Å². The minimum Gasteiger partial charge on any atom is -0.335 e. The molecule has 3 aliphatic rings. The monoisotopic (exact) mass is 417 g/mol. The smallest absolute Gasteiger partial charge is 0.228 e. The Labute approximate surface area is 169 Å². The van der Waals surface area contributed by atoms with Crippen molar-refractivity contribution in [3.05, 3.63) is 28.2 Å². The van der Waals surface area contributed by atoms with Gasteiger partial charge in [0, 0.05) is 47.3 Å². The van der Waals surface area contributed by atoms with E-state index >= 15 is 0 Å². The van der Waals surface area contributed by atoms with E-state index in [0.717, 1.165) is 32.4 Å². The van der Waals surface area contributed by atoms with Gasteiger partial charge in [-0.1, -0.05) is 23.2 Å². The van der Waals surface area contributed by atoms with E-state index < -0.39 is 0 Å². The molecule has 4 rings (SSSR count). The van der Waals surface area contributed by atoms with Crippen LogP contribution in [0.5, 0.6) is 0 Å². The van der Waals surface area contributed by atoms with E-state index in [1.807, 2.05) is 0 Å². The maximum atomic E-state index is 13.1. The number of anilines is 1. The fourth-order valence-electron chi connectivity index (χ4n) is 4.37. The third-order valence-electron chi connectivity index (χ3n) is 5.54. The Morgan fingerprint density at radius 3 is 2.50 bits per heavy atom. The second-order valence-electron chi connectivity index (χ2n) is 7.16. The fourth-order valence-corrected chi connectivity index (χ4v) is 4.89. The molecule has 0 saturated carbocycles. The van der Waals surface area contributed by atoms with Crippen molar-refractivity contribution in [3.8, 4) is 0 Å². The van der Waals surface area contributed by atoms with E-state index in [9.17, 15) is 9.59 Å². The van der Waals surface area contributed by atoms with E-state index in [4.69, 9.17) is 23.2 Å². The first kappa shape index (κ1) is 19.7. The topological polar surface area (TPSA) is 52.7 Å². The van der Waals surface area contributed by atoms with Crippen molar-refractivity contribution in [2.24, 2.45) is 5.92 Å². The number of hydrogen-bond donors (Lipinski definition) is 1. The Hall–Kier alpha value is -1.01. The summed E-state index contributed by atoms with van der Waals surface area (Å²) in [6.07, 6.45) is 3.38. The van der Waals surface area contributed by atoms with E-state index in [1.54, 1.807) is 23.1 Å². The maximum Gasteiger partial charge on any atom is 0.228 e. The maximum absolute atomic E-state index is 13.1. The molecule has 8 heteroatoms. The van der Waals surface area contributed by atoms with Crippen molar-refractivity contribution < 1.29 is 9.59 Å². The fraction of sp³-hybridized carbons (Fsp3) is 0.556. The van der Waals surface area contributed by atoms with Crippen molar-refractivity contribution in [2.75, 3.05) is 24.5 Å². The summed E-state index contributed by atoms with van der Waals surface area (Å²) >= 11 is 12.1. The number of nitrogens with one attached hydrogen (secondary N) is 1. The lowest BCUT2D eigenvalue weighted by atomic mass is 10.1. The lowest BCUT2D eigenvalue weighted by Gasteiger charge is -2.30. The largest absolute Gasteiger partial charge is 0.335 e. The van der Waals surface area contributed by atoms with Crippen molar-refractivity contribution in [3.63, 3.8) is 0 Å². The number of nitrogens with zero attached hydrogens (tertiary/aromatic N) is 2. The highest BCUT2D eigenvalue weighted by Crippen LogP contribution is 2.34. The van der Waals surface area contributed by atoms with Crippen molar-refractivity contribution >= 4 is 53.1 Å². The number of rotatable bonds is 2. The van der Waals surface area contributed by atoms with Gasteiger partial charge < -0.3 is 15.1 Å². The number of fused-ring (bicyclic) bond motifs is 2. The molecule has 3 unspecified atom stereocenters. The van der Waals surface area contributed by atoms with Gasteiger partial charge in [-0.05, 0) is 44.0 Å². The third kappa shape index (κ3) is 3.68. The van der Waals surface area contributed by atoms with Crippen molar-refractivity contribution in [1.29, 1.82) is 0 Å². The van der Waals surface area contributed by atoms with Gasteiger partial charge in [0.25, 0.3) is 0 Å². The van der Waals surface area contributed by atoms with Gasteiger partial charge in [-0.3, -0.25) is 9.59 Å². The summed E-state index contributed by atoms with van der Waals surface area (Å²) < 4.78 is 0. The number of halogens is 3. The van der Waals surface area contributed by atoms with Gasteiger partial charge in [0.05, 0.1) is 5.92 Å². The summed E-state index contributed by atoms with van der Waals surface area (Å²) in [7, 11) is 0. The Balaban J connectivity index is 0.00000196. The van der Waals surface area contributed by atoms with Crippen LogP contribution < -0.4 is 10.2 Å². The van der Waals surface area contributed by atoms with Gasteiger partial charge in [0.15, 0.2) is 0 Å². The molecule has 3 atom stereocenters. The van der Waals surface area contributed by atoms with Crippen LogP contribution in [0.2, 0.25) is 10.0 Å². The lowest BCUT2D eigenvalue weighted by Crippen LogP contribution is -2.46. The normalized spacial score (nSPS) is 28.1. The zero-order valence-electron chi connectivity index (χ0n) is 14.3. The number of carbonyl (C=O) groups excluding carboxylic acids is 2. The van der Waals surface area contributed by atoms with Crippen LogP contribution in [-0.4, -0.2) is 48.4 Å². The van der Waals surface area contributed by atoms with Gasteiger partial charge in [-0.15, -0.1) is 12.4 Å². The van der Waals surface area contributed by atoms with Gasteiger partial charge in [-0.25, -0.2) is 0 Å². The summed E-state index contributed by atoms with van der Waals surface area (Å²) in [6.45, 7) is 2.22. The summed E-state index contributed by atoms with van der Waals surface area (Å²) in [5.41, 5.74) is 0.665. The van der Waals surface area contributed by atoms with Gasteiger partial charge in [-0.2, -0.15) is 0 Å². The minimum atomic E-state index is -0.286. The Morgan fingerprint density at radius 2 is 1.77 bits per heavy atom. The van der Waals surface area contributed by atoms with E-state index in [0.29, 0.717) is 28.3 Å². The van der Waals surface area contributed by atoms with Gasteiger partial charge in [0.1, 0.15) is 0 Å². The molecule has 2 bridgehead atoms. The molecule has 1 aromatic rings. The molecular formula is C18H22Cl3N3O2. The zero-order valence-corrected chi connectivity index (χ0v) is 16.6. The number of amides is 2. The first-order valence-electron chi connectivity index (χ1n) is 8.82. The highest BCUT2D eigenvalue weighted by Gasteiger charge is 2.44. The van der Waals surface area contributed by atoms with E-state index in [-0.39, 0.29) is 42.6 Å². The number of hydrogen-bond acceptors (Lipinski definition) is 3. The first-order valence-corrected chi connectivity index (χ1v) is 9.58. The highest BCUT2D eigenvalue weighted by atomic mass is 35.5. The molecule has 5 nitrogen and oxygen atoms in total. The standard InChI is InChI=1S/C18H21Cl2N3O2.ClH/c19-12-6-13(20)8-16(7-12)22-10-11(5-17(22)24)18(25)23-14-1-2-15(23)9-21-4-3-14;/h6-8,11,14-15,21H,1-5,9-10H2;1H. The third-order valence-corrected chi connectivity index (χ3v) is 5.98. The number of carbonyl (C=O) groups is 2. The minimum absolute atomic E-state index is 0. The predicted octanol–water partition coefficient (Wildman–Crippen LogP) is 3.12. The van der Waals surface area contributed by atoms with Crippen LogP contribution in [0, 0.1) is 5.92 Å². The predicted molar refractivity (Wildman–Crippen MR) is 105 cm³/mol. The summed E-state index contributed by atoms with van der Waals surface area (Å²) in [4.78, 5) is 29.3.